The maximum absolute atomic E-state index is 11.2. The number of hydrogen-bond donors (Lipinski definition) is 1. The fourth-order valence-corrected chi connectivity index (χ4v) is 4.32. The average molecular weight is 440 g/mol. The Bertz CT molecular complexity index is 523. The van der Waals surface area contributed by atoms with Gasteiger partial charge in [0.25, 0.3) is 0 Å². The third kappa shape index (κ3) is 3.55. The SMILES string of the molecule is CC1(C)OB(C(CC(=O)O)c2cc(Br)c(Br)s2)OC1(C)C. The first-order chi connectivity index (χ1) is 9.53. The Morgan fingerprint density at radius 3 is 2.24 bits per heavy atom. The van der Waals surface area contributed by atoms with E-state index in [0.29, 0.717) is 0 Å². The highest BCUT2D eigenvalue weighted by atomic mass is 79.9. The molecule has 1 atom stereocenters. The van der Waals surface area contributed by atoms with Crippen LogP contribution < -0.4 is 0 Å². The van der Waals surface area contributed by atoms with Crippen molar-refractivity contribution in [3.05, 3.63) is 19.2 Å². The van der Waals surface area contributed by atoms with Crippen LogP contribution >= 0.6 is 43.2 Å². The Morgan fingerprint density at radius 2 is 1.86 bits per heavy atom. The molecule has 0 saturated carbocycles. The standard InChI is InChI=1S/C13H17BBr2O4S/c1-12(2)13(3,4)20-14(19-12)7(5-10(17)18)9-6-8(15)11(16)21-9/h6-7H,5H2,1-4H3,(H,17,18). The van der Waals surface area contributed by atoms with Crippen LogP contribution in [-0.2, 0) is 14.1 Å². The Kier molecular flexibility index (Phi) is 4.96. The molecule has 4 nitrogen and oxygen atoms in total. The van der Waals surface area contributed by atoms with Gasteiger partial charge in [0.1, 0.15) is 0 Å². The molecular weight excluding hydrogens is 423 g/mol. The van der Waals surface area contributed by atoms with Crippen LogP contribution in [0.3, 0.4) is 0 Å². The van der Waals surface area contributed by atoms with Crippen LogP contribution in [0.15, 0.2) is 14.3 Å². The highest BCUT2D eigenvalue weighted by Crippen LogP contribution is 2.44. The zero-order valence-corrected chi connectivity index (χ0v) is 16.3. The molecule has 1 fully saturated rings. The predicted molar refractivity (Wildman–Crippen MR) is 90.8 cm³/mol. The molecular formula is C13H17BBr2O4S. The first-order valence-electron chi connectivity index (χ1n) is 6.55. The number of carbonyl (C=O) groups is 1. The van der Waals surface area contributed by atoms with Gasteiger partial charge in [-0.1, -0.05) is 0 Å². The normalized spacial score (nSPS) is 21.5. The van der Waals surface area contributed by atoms with Crippen LogP contribution in [0.25, 0.3) is 0 Å². The van der Waals surface area contributed by atoms with Crippen LogP contribution in [0.5, 0.6) is 0 Å². The second kappa shape index (κ2) is 5.96. The number of aliphatic carboxylic acids is 1. The van der Waals surface area contributed by atoms with Crippen LogP contribution in [0.4, 0.5) is 0 Å². The summed E-state index contributed by atoms with van der Waals surface area (Å²) >= 11 is 8.38. The predicted octanol–water partition coefficient (Wildman–Crippen LogP) is 4.46. The fraction of sp³-hybridized carbons (Fsp3) is 0.615. The lowest BCUT2D eigenvalue weighted by Gasteiger charge is -2.32. The quantitative estimate of drug-likeness (QED) is 0.703. The van der Waals surface area contributed by atoms with Crippen LogP contribution in [0.2, 0.25) is 0 Å². The zero-order chi connectivity index (χ0) is 16.0. The summed E-state index contributed by atoms with van der Waals surface area (Å²) in [6, 6.07) is 1.92. The fourth-order valence-electron chi connectivity index (χ4n) is 2.12. The molecule has 0 aliphatic carbocycles. The van der Waals surface area contributed by atoms with Crippen molar-refractivity contribution in [2.45, 2.75) is 51.1 Å². The van der Waals surface area contributed by atoms with E-state index in [1.165, 1.54) is 11.3 Å². The lowest BCUT2D eigenvalue weighted by Crippen LogP contribution is -2.41. The molecule has 116 valence electrons. The van der Waals surface area contributed by atoms with Gasteiger partial charge in [-0.25, -0.2) is 0 Å². The highest BCUT2D eigenvalue weighted by Gasteiger charge is 2.54. The molecule has 1 aromatic rings. The first kappa shape index (κ1) is 17.5. The van der Waals surface area contributed by atoms with Gasteiger partial charge in [-0.05, 0) is 65.6 Å². The third-order valence-corrected chi connectivity index (χ3v) is 7.41. The molecule has 0 radical (unpaired) electrons. The molecule has 0 aromatic carbocycles. The van der Waals surface area contributed by atoms with E-state index in [1.54, 1.807) is 0 Å². The van der Waals surface area contributed by atoms with Crippen molar-refractivity contribution in [2.75, 3.05) is 0 Å². The summed E-state index contributed by atoms with van der Waals surface area (Å²) in [7, 11) is -0.566. The molecule has 1 saturated heterocycles. The van der Waals surface area contributed by atoms with Gasteiger partial charge in [0.2, 0.25) is 0 Å². The summed E-state index contributed by atoms with van der Waals surface area (Å²) in [6.07, 6.45) is -0.0315. The lowest BCUT2D eigenvalue weighted by atomic mass is 9.69. The van der Waals surface area contributed by atoms with Crippen molar-refractivity contribution in [3.8, 4) is 0 Å². The highest BCUT2D eigenvalue weighted by molar-refractivity contribution is 9.13. The Morgan fingerprint density at radius 1 is 1.33 bits per heavy atom. The van der Waals surface area contributed by atoms with Crippen LogP contribution in [0.1, 0.15) is 44.8 Å². The second-order valence-corrected chi connectivity index (χ2v) is 9.36. The van der Waals surface area contributed by atoms with Crippen molar-refractivity contribution in [2.24, 2.45) is 0 Å². The van der Waals surface area contributed by atoms with Gasteiger partial charge in [0.05, 0.1) is 21.4 Å². The average Bonchev–Trinajstić information content (AvgIpc) is 2.74. The van der Waals surface area contributed by atoms with Gasteiger partial charge in [0, 0.05) is 15.2 Å². The van der Waals surface area contributed by atoms with E-state index in [-0.39, 0.29) is 12.2 Å². The third-order valence-electron chi connectivity index (χ3n) is 4.02. The monoisotopic (exact) mass is 438 g/mol. The van der Waals surface area contributed by atoms with Gasteiger partial charge in [-0.2, -0.15) is 0 Å². The molecule has 1 aliphatic heterocycles. The second-order valence-electron chi connectivity index (χ2n) is 6.10. The minimum atomic E-state index is -0.865. The topological polar surface area (TPSA) is 55.8 Å². The van der Waals surface area contributed by atoms with Crippen molar-refractivity contribution >= 4 is 56.3 Å². The van der Waals surface area contributed by atoms with E-state index in [2.05, 4.69) is 31.9 Å². The molecule has 1 unspecified atom stereocenters. The smallest absolute Gasteiger partial charge is 0.467 e. The maximum atomic E-state index is 11.2. The van der Waals surface area contributed by atoms with Crippen molar-refractivity contribution < 1.29 is 19.2 Å². The molecule has 2 heterocycles. The first-order valence-corrected chi connectivity index (χ1v) is 8.96. The lowest BCUT2D eigenvalue weighted by molar-refractivity contribution is -0.137. The zero-order valence-electron chi connectivity index (χ0n) is 12.3. The molecule has 0 bridgehead atoms. The molecule has 0 spiro atoms. The number of rotatable bonds is 4. The molecule has 2 rings (SSSR count). The van der Waals surface area contributed by atoms with E-state index in [0.717, 1.165) is 13.1 Å². The van der Waals surface area contributed by atoms with E-state index >= 15 is 0 Å². The minimum Gasteiger partial charge on any atom is -0.481 e. The minimum absolute atomic E-state index is 0.0315. The van der Waals surface area contributed by atoms with E-state index < -0.39 is 24.3 Å². The number of carboxylic acid groups (broad SMARTS) is 1. The number of halogens is 2. The summed E-state index contributed by atoms with van der Waals surface area (Å²) in [5.74, 6) is -1.20. The van der Waals surface area contributed by atoms with Gasteiger partial charge in [0.15, 0.2) is 0 Å². The van der Waals surface area contributed by atoms with Gasteiger partial charge in [-0.3, -0.25) is 4.79 Å². The number of hydrogen-bond acceptors (Lipinski definition) is 4. The summed E-state index contributed by atoms with van der Waals surface area (Å²) in [4.78, 5) is 12.1. The van der Waals surface area contributed by atoms with Gasteiger partial charge in [-0.15, -0.1) is 11.3 Å². The van der Waals surface area contributed by atoms with E-state index in [1.807, 2.05) is 33.8 Å². The maximum Gasteiger partial charge on any atom is 0.467 e. The summed E-state index contributed by atoms with van der Waals surface area (Å²) in [6.45, 7) is 7.85. The number of carboxylic acids is 1. The Balaban J connectivity index is 2.32. The van der Waals surface area contributed by atoms with Crippen LogP contribution in [-0.4, -0.2) is 29.4 Å². The Labute approximate surface area is 145 Å². The van der Waals surface area contributed by atoms with E-state index in [9.17, 15) is 9.90 Å². The van der Waals surface area contributed by atoms with Crippen LogP contribution in [0, 0.1) is 0 Å². The summed E-state index contributed by atoms with van der Waals surface area (Å²) in [5, 5.41) is 9.21. The van der Waals surface area contributed by atoms with Gasteiger partial charge < -0.3 is 14.4 Å². The summed E-state index contributed by atoms with van der Waals surface area (Å²) in [5.41, 5.74) is -0.944. The van der Waals surface area contributed by atoms with E-state index in [4.69, 9.17) is 9.31 Å². The molecule has 1 N–H and O–H groups in total. The number of thiophene rings is 1. The van der Waals surface area contributed by atoms with Gasteiger partial charge >= 0.3 is 13.1 Å². The Hall–Kier alpha value is 0.115. The van der Waals surface area contributed by atoms with Crippen molar-refractivity contribution in [1.29, 1.82) is 0 Å². The summed E-state index contributed by atoms with van der Waals surface area (Å²) < 4.78 is 13.9. The van der Waals surface area contributed by atoms with Crippen molar-refractivity contribution in [3.63, 3.8) is 0 Å². The molecule has 1 aliphatic rings. The molecule has 21 heavy (non-hydrogen) atoms. The van der Waals surface area contributed by atoms with Crippen molar-refractivity contribution in [1.82, 2.24) is 0 Å². The molecule has 0 amide bonds. The molecule has 1 aromatic heterocycles. The molecule has 8 heteroatoms. The largest absolute Gasteiger partial charge is 0.481 e.